The van der Waals surface area contributed by atoms with Crippen LogP contribution in [0.3, 0.4) is 0 Å². The number of piperazine rings is 1. The third-order valence-corrected chi connectivity index (χ3v) is 5.44. The Kier molecular flexibility index (Phi) is 4.72. The maximum absolute atomic E-state index is 12.7. The zero-order valence-electron chi connectivity index (χ0n) is 14.5. The molecule has 0 aromatic heterocycles. The summed E-state index contributed by atoms with van der Waals surface area (Å²) < 4.78 is 5.49. The van der Waals surface area contributed by atoms with E-state index >= 15 is 0 Å². The van der Waals surface area contributed by atoms with Crippen LogP contribution in [0.25, 0.3) is 0 Å². The van der Waals surface area contributed by atoms with Crippen molar-refractivity contribution in [3.8, 4) is 0 Å². The van der Waals surface area contributed by atoms with Crippen molar-refractivity contribution in [1.29, 1.82) is 0 Å². The molecule has 3 heterocycles. The average Bonchev–Trinajstić information content (AvgIpc) is 3.31. The van der Waals surface area contributed by atoms with Crippen LogP contribution in [0.15, 0.2) is 24.3 Å². The van der Waals surface area contributed by atoms with E-state index in [0.717, 1.165) is 44.6 Å². The van der Waals surface area contributed by atoms with Gasteiger partial charge in [-0.25, -0.2) is 0 Å². The van der Waals surface area contributed by atoms with Crippen LogP contribution in [0.2, 0.25) is 0 Å². The summed E-state index contributed by atoms with van der Waals surface area (Å²) in [5, 5.41) is 0. The Morgan fingerprint density at radius 1 is 1.08 bits per heavy atom. The Bertz CT molecular complexity index is 649. The highest BCUT2D eigenvalue weighted by molar-refractivity contribution is 5.96. The summed E-state index contributed by atoms with van der Waals surface area (Å²) in [5.41, 5.74) is 2.31. The zero-order valence-corrected chi connectivity index (χ0v) is 14.5. The van der Waals surface area contributed by atoms with Crippen molar-refractivity contribution < 1.29 is 14.3 Å². The number of rotatable bonds is 3. The standard InChI is InChI=1S/C19H25N3O3/c23-18(22-8-7-15-4-1-2-5-16(15)22)14-20-9-11-21(12-10-20)19(24)17-6-3-13-25-17/h1-2,4-5,17H,3,6-14H2/t17-/m1/s1. The molecule has 0 N–H and O–H groups in total. The molecule has 0 saturated carbocycles. The summed E-state index contributed by atoms with van der Waals surface area (Å²) >= 11 is 0. The quantitative estimate of drug-likeness (QED) is 0.818. The summed E-state index contributed by atoms with van der Waals surface area (Å²) in [5.74, 6) is 0.279. The fourth-order valence-corrected chi connectivity index (χ4v) is 3.98. The maximum Gasteiger partial charge on any atom is 0.251 e. The fourth-order valence-electron chi connectivity index (χ4n) is 3.98. The lowest BCUT2D eigenvalue weighted by Gasteiger charge is -2.36. The molecule has 1 atom stereocenters. The smallest absolute Gasteiger partial charge is 0.251 e. The van der Waals surface area contributed by atoms with Gasteiger partial charge in [-0.05, 0) is 30.9 Å². The van der Waals surface area contributed by atoms with Crippen LogP contribution >= 0.6 is 0 Å². The SMILES string of the molecule is O=C([C@H]1CCCO1)N1CCN(CC(=O)N2CCc3ccccc32)CC1. The average molecular weight is 343 g/mol. The molecule has 1 aromatic carbocycles. The topological polar surface area (TPSA) is 53.1 Å². The molecule has 2 amide bonds. The molecule has 4 rings (SSSR count). The summed E-state index contributed by atoms with van der Waals surface area (Å²) in [6.45, 7) is 4.76. The van der Waals surface area contributed by atoms with Gasteiger partial charge in [0.2, 0.25) is 5.91 Å². The first-order chi connectivity index (χ1) is 12.2. The lowest BCUT2D eigenvalue weighted by atomic mass is 10.2. The van der Waals surface area contributed by atoms with Crippen molar-refractivity contribution >= 4 is 17.5 Å². The van der Waals surface area contributed by atoms with Crippen LogP contribution in [0.5, 0.6) is 0 Å². The maximum atomic E-state index is 12.7. The van der Waals surface area contributed by atoms with Gasteiger partial charge < -0.3 is 14.5 Å². The van der Waals surface area contributed by atoms with E-state index in [2.05, 4.69) is 11.0 Å². The molecule has 3 aliphatic heterocycles. The van der Waals surface area contributed by atoms with Gasteiger partial charge in [0.25, 0.3) is 5.91 Å². The zero-order chi connectivity index (χ0) is 17.2. The summed E-state index contributed by atoms with van der Waals surface area (Å²) in [6, 6.07) is 8.13. The monoisotopic (exact) mass is 343 g/mol. The van der Waals surface area contributed by atoms with Gasteiger partial charge in [-0.2, -0.15) is 0 Å². The second-order valence-corrected chi connectivity index (χ2v) is 7.03. The van der Waals surface area contributed by atoms with Gasteiger partial charge in [0.05, 0.1) is 6.54 Å². The van der Waals surface area contributed by atoms with Gasteiger partial charge >= 0.3 is 0 Å². The van der Waals surface area contributed by atoms with E-state index in [1.54, 1.807) is 0 Å². The Morgan fingerprint density at radius 3 is 2.64 bits per heavy atom. The number of nitrogens with zero attached hydrogens (tertiary/aromatic N) is 3. The van der Waals surface area contributed by atoms with E-state index in [-0.39, 0.29) is 17.9 Å². The number of ether oxygens (including phenoxy) is 1. The summed E-state index contributed by atoms with van der Waals surface area (Å²) in [6.07, 6.45) is 2.51. The van der Waals surface area contributed by atoms with Crippen molar-refractivity contribution in [2.75, 3.05) is 50.8 Å². The Balaban J connectivity index is 1.29. The highest BCUT2D eigenvalue weighted by Crippen LogP contribution is 2.27. The minimum absolute atomic E-state index is 0.122. The molecule has 1 aromatic rings. The largest absolute Gasteiger partial charge is 0.368 e. The van der Waals surface area contributed by atoms with E-state index in [1.165, 1.54) is 5.56 Å². The van der Waals surface area contributed by atoms with Gasteiger partial charge in [-0.15, -0.1) is 0 Å². The number of carbonyl (C=O) groups excluding carboxylic acids is 2. The number of benzene rings is 1. The molecular weight excluding hydrogens is 318 g/mol. The Morgan fingerprint density at radius 2 is 1.88 bits per heavy atom. The van der Waals surface area contributed by atoms with Gasteiger partial charge in [-0.3, -0.25) is 14.5 Å². The van der Waals surface area contributed by atoms with E-state index in [1.807, 2.05) is 28.0 Å². The molecule has 0 unspecified atom stereocenters. The number of para-hydroxylation sites is 1. The Labute approximate surface area is 148 Å². The predicted octanol–water partition coefficient (Wildman–Crippen LogP) is 0.899. The van der Waals surface area contributed by atoms with E-state index in [9.17, 15) is 9.59 Å². The number of amides is 2. The van der Waals surface area contributed by atoms with Gasteiger partial charge in [-0.1, -0.05) is 18.2 Å². The molecule has 25 heavy (non-hydrogen) atoms. The van der Waals surface area contributed by atoms with Crippen LogP contribution in [0, 0.1) is 0 Å². The van der Waals surface area contributed by atoms with E-state index in [0.29, 0.717) is 26.2 Å². The lowest BCUT2D eigenvalue weighted by molar-refractivity contribution is -0.142. The summed E-state index contributed by atoms with van der Waals surface area (Å²) in [4.78, 5) is 31.0. The van der Waals surface area contributed by atoms with Crippen LogP contribution in [0.1, 0.15) is 18.4 Å². The molecule has 0 bridgehead atoms. The molecule has 2 fully saturated rings. The van der Waals surface area contributed by atoms with Gasteiger partial charge in [0.1, 0.15) is 6.10 Å². The normalized spacial score (nSPS) is 23.8. The van der Waals surface area contributed by atoms with Crippen LogP contribution in [0.4, 0.5) is 5.69 Å². The number of carbonyl (C=O) groups is 2. The molecule has 0 spiro atoms. The van der Waals surface area contributed by atoms with Gasteiger partial charge in [0.15, 0.2) is 0 Å². The third kappa shape index (κ3) is 3.41. The molecule has 6 heteroatoms. The second kappa shape index (κ2) is 7.14. The third-order valence-electron chi connectivity index (χ3n) is 5.44. The van der Waals surface area contributed by atoms with E-state index < -0.39 is 0 Å². The van der Waals surface area contributed by atoms with Crippen LogP contribution in [-0.2, 0) is 20.7 Å². The molecule has 0 aliphatic carbocycles. The number of hydrogen-bond donors (Lipinski definition) is 0. The lowest BCUT2D eigenvalue weighted by Crippen LogP contribution is -2.53. The molecule has 3 aliphatic rings. The Hall–Kier alpha value is -1.92. The molecule has 0 radical (unpaired) electrons. The van der Waals surface area contributed by atoms with E-state index in [4.69, 9.17) is 4.74 Å². The van der Waals surface area contributed by atoms with Crippen LogP contribution < -0.4 is 4.90 Å². The van der Waals surface area contributed by atoms with Gasteiger partial charge in [0, 0.05) is 45.0 Å². The molecule has 134 valence electrons. The molecular formula is C19H25N3O3. The minimum Gasteiger partial charge on any atom is -0.368 e. The predicted molar refractivity (Wildman–Crippen MR) is 94.5 cm³/mol. The first kappa shape index (κ1) is 16.5. The molecule has 6 nitrogen and oxygen atoms in total. The van der Waals surface area contributed by atoms with Crippen molar-refractivity contribution in [2.24, 2.45) is 0 Å². The first-order valence-corrected chi connectivity index (χ1v) is 9.23. The van der Waals surface area contributed by atoms with Crippen molar-refractivity contribution in [2.45, 2.75) is 25.4 Å². The summed E-state index contributed by atoms with van der Waals surface area (Å²) in [7, 11) is 0. The van der Waals surface area contributed by atoms with Crippen molar-refractivity contribution in [1.82, 2.24) is 9.80 Å². The first-order valence-electron chi connectivity index (χ1n) is 9.23. The van der Waals surface area contributed by atoms with Crippen LogP contribution in [-0.4, -0.2) is 73.6 Å². The number of fused-ring (bicyclic) bond motifs is 1. The second-order valence-electron chi connectivity index (χ2n) is 7.03. The fraction of sp³-hybridized carbons (Fsp3) is 0.579. The minimum atomic E-state index is -0.241. The van der Waals surface area contributed by atoms with Crippen molar-refractivity contribution in [3.63, 3.8) is 0 Å². The molecule has 2 saturated heterocycles. The highest BCUT2D eigenvalue weighted by atomic mass is 16.5. The van der Waals surface area contributed by atoms with Crippen molar-refractivity contribution in [3.05, 3.63) is 29.8 Å². The number of hydrogen-bond acceptors (Lipinski definition) is 4. The number of anilines is 1. The highest BCUT2D eigenvalue weighted by Gasteiger charge is 2.31.